The first-order valence-corrected chi connectivity index (χ1v) is 8.61. The number of nitrogens with one attached hydrogen (secondary N) is 1. The summed E-state index contributed by atoms with van der Waals surface area (Å²) in [6, 6.07) is 13.9. The maximum atomic E-state index is 12.2. The molecule has 0 aliphatic heterocycles. The number of halogens is 2. The first-order chi connectivity index (χ1) is 11.9. The van der Waals surface area contributed by atoms with Gasteiger partial charge in [0, 0.05) is 10.0 Å². The minimum absolute atomic E-state index is 0.122. The molecule has 0 heterocycles. The van der Waals surface area contributed by atoms with Gasteiger partial charge in [-0.15, -0.1) is 0 Å². The van der Waals surface area contributed by atoms with Crippen LogP contribution in [0.15, 0.2) is 48.5 Å². The Morgan fingerprint density at radius 2 is 1.76 bits per heavy atom. The van der Waals surface area contributed by atoms with Crippen LogP contribution in [0.4, 0.5) is 0 Å². The SMILES string of the molecule is C[C@@H](OC(=O)Cc1ccccc1)C(=O)N[C@H](C)c1ccc(Cl)cc1Cl. The Bertz CT molecular complexity index is 750. The van der Waals surface area contributed by atoms with Crippen molar-refractivity contribution in [1.29, 1.82) is 0 Å². The minimum Gasteiger partial charge on any atom is -0.452 e. The average Bonchev–Trinajstić information content (AvgIpc) is 2.55. The van der Waals surface area contributed by atoms with Gasteiger partial charge in [0.1, 0.15) is 0 Å². The molecule has 4 nitrogen and oxygen atoms in total. The molecule has 0 aliphatic rings. The van der Waals surface area contributed by atoms with Crippen LogP contribution in [-0.4, -0.2) is 18.0 Å². The Morgan fingerprint density at radius 1 is 1.08 bits per heavy atom. The normalized spacial score (nSPS) is 13.0. The van der Waals surface area contributed by atoms with E-state index in [9.17, 15) is 9.59 Å². The van der Waals surface area contributed by atoms with Crippen LogP contribution in [0.3, 0.4) is 0 Å². The zero-order valence-electron chi connectivity index (χ0n) is 14.0. The highest BCUT2D eigenvalue weighted by Gasteiger charge is 2.21. The van der Waals surface area contributed by atoms with Gasteiger partial charge in [0.05, 0.1) is 12.5 Å². The monoisotopic (exact) mass is 379 g/mol. The molecule has 2 aromatic rings. The fourth-order valence-electron chi connectivity index (χ4n) is 2.32. The van der Waals surface area contributed by atoms with Gasteiger partial charge >= 0.3 is 5.97 Å². The number of carbonyl (C=O) groups excluding carboxylic acids is 2. The lowest BCUT2D eigenvalue weighted by Gasteiger charge is -2.19. The molecule has 0 fully saturated rings. The Kier molecular flexibility index (Phi) is 6.85. The molecule has 1 N–H and O–H groups in total. The molecule has 0 spiro atoms. The summed E-state index contributed by atoms with van der Waals surface area (Å²) in [5, 5.41) is 3.77. The topological polar surface area (TPSA) is 55.4 Å². The lowest BCUT2D eigenvalue weighted by Crippen LogP contribution is -2.37. The molecular weight excluding hydrogens is 361 g/mol. The number of benzene rings is 2. The van der Waals surface area contributed by atoms with Crippen molar-refractivity contribution in [1.82, 2.24) is 5.32 Å². The average molecular weight is 380 g/mol. The van der Waals surface area contributed by atoms with E-state index in [2.05, 4.69) is 5.32 Å². The zero-order chi connectivity index (χ0) is 18.4. The fourth-order valence-corrected chi connectivity index (χ4v) is 2.89. The van der Waals surface area contributed by atoms with Gasteiger partial charge in [-0.05, 0) is 37.1 Å². The van der Waals surface area contributed by atoms with Crippen LogP contribution in [0.1, 0.15) is 31.0 Å². The zero-order valence-corrected chi connectivity index (χ0v) is 15.5. The van der Waals surface area contributed by atoms with Crippen molar-refractivity contribution in [3.63, 3.8) is 0 Å². The first kappa shape index (κ1) is 19.3. The second kappa shape index (κ2) is 8.88. The van der Waals surface area contributed by atoms with Crippen LogP contribution in [-0.2, 0) is 20.7 Å². The quantitative estimate of drug-likeness (QED) is 0.759. The second-order valence-corrected chi connectivity index (χ2v) is 6.53. The predicted molar refractivity (Wildman–Crippen MR) is 98.7 cm³/mol. The van der Waals surface area contributed by atoms with Crippen molar-refractivity contribution >= 4 is 35.1 Å². The van der Waals surface area contributed by atoms with Crippen LogP contribution in [0.25, 0.3) is 0 Å². The highest BCUT2D eigenvalue weighted by Crippen LogP contribution is 2.26. The molecular formula is C19H19Cl2NO3. The number of hydrogen-bond donors (Lipinski definition) is 1. The molecule has 0 aromatic heterocycles. The number of rotatable bonds is 6. The van der Waals surface area contributed by atoms with E-state index in [-0.39, 0.29) is 18.4 Å². The molecule has 0 unspecified atom stereocenters. The Morgan fingerprint density at radius 3 is 2.40 bits per heavy atom. The number of amides is 1. The van der Waals surface area contributed by atoms with Crippen LogP contribution in [0.5, 0.6) is 0 Å². The molecule has 25 heavy (non-hydrogen) atoms. The molecule has 132 valence electrons. The van der Waals surface area contributed by atoms with Crippen molar-refractivity contribution in [3.05, 3.63) is 69.7 Å². The van der Waals surface area contributed by atoms with E-state index in [0.717, 1.165) is 11.1 Å². The van der Waals surface area contributed by atoms with E-state index in [1.54, 1.807) is 25.1 Å². The van der Waals surface area contributed by atoms with Crippen LogP contribution in [0, 0.1) is 0 Å². The van der Waals surface area contributed by atoms with Gasteiger partial charge in [0.15, 0.2) is 6.10 Å². The standard InChI is InChI=1S/C19H19Cl2NO3/c1-12(16-9-8-15(20)11-17(16)21)22-19(24)13(2)25-18(23)10-14-6-4-3-5-7-14/h3-9,11-13H,10H2,1-2H3,(H,22,24)/t12-,13-/m1/s1. The van der Waals surface area contributed by atoms with Gasteiger partial charge in [-0.3, -0.25) is 9.59 Å². The number of carbonyl (C=O) groups is 2. The highest BCUT2D eigenvalue weighted by atomic mass is 35.5. The van der Waals surface area contributed by atoms with Crippen LogP contribution < -0.4 is 5.32 Å². The first-order valence-electron chi connectivity index (χ1n) is 7.85. The molecule has 2 rings (SSSR count). The van der Waals surface area contributed by atoms with E-state index >= 15 is 0 Å². The third kappa shape index (κ3) is 5.76. The molecule has 0 saturated heterocycles. The molecule has 2 atom stereocenters. The van der Waals surface area contributed by atoms with Crippen molar-refractivity contribution < 1.29 is 14.3 Å². The summed E-state index contributed by atoms with van der Waals surface area (Å²) in [6.45, 7) is 3.33. The van der Waals surface area contributed by atoms with Gasteiger partial charge in [-0.2, -0.15) is 0 Å². The number of ether oxygens (including phenoxy) is 1. The molecule has 1 amide bonds. The van der Waals surface area contributed by atoms with Gasteiger partial charge in [0.25, 0.3) is 5.91 Å². The number of esters is 1. The van der Waals surface area contributed by atoms with E-state index in [0.29, 0.717) is 10.0 Å². The molecule has 0 bridgehead atoms. The van der Waals surface area contributed by atoms with Gasteiger partial charge in [-0.25, -0.2) is 0 Å². The van der Waals surface area contributed by atoms with Gasteiger partial charge < -0.3 is 10.1 Å². The third-order valence-electron chi connectivity index (χ3n) is 3.66. The van der Waals surface area contributed by atoms with E-state index < -0.39 is 12.1 Å². The van der Waals surface area contributed by atoms with Crippen molar-refractivity contribution in [2.24, 2.45) is 0 Å². The van der Waals surface area contributed by atoms with Gasteiger partial charge in [-0.1, -0.05) is 59.6 Å². The summed E-state index contributed by atoms with van der Waals surface area (Å²) in [6.07, 6.45) is -0.776. The summed E-state index contributed by atoms with van der Waals surface area (Å²) < 4.78 is 5.20. The lowest BCUT2D eigenvalue weighted by molar-refractivity contribution is -0.154. The molecule has 2 aromatic carbocycles. The van der Waals surface area contributed by atoms with Crippen LogP contribution >= 0.6 is 23.2 Å². The largest absolute Gasteiger partial charge is 0.452 e. The highest BCUT2D eigenvalue weighted by molar-refractivity contribution is 6.35. The van der Waals surface area contributed by atoms with Crippen LogP contribution in [0.2, 0.25) is 10.0 Å². The van der Waals surface area contributed by atoms with Crippen molar-refractivity contribution in [2.75, 3.05) is 0 Å². The summed E-state index contributed by atoms with van der Waals surface area (Å²) in [5.41, 5.74) is 1.57. The lowest BCUT2D eigenvalue weighted by atomic mass is 10.1. The van der Waals surface area contributed by atoms with E-state index in [4.69, 9.17) is 27.9 Å². The van der Waals surface area contributed by atoms with E-state index in [1.807, 2.05) is 30.3 Å². The fraction of sp³-hybridized carbons (Fsp3) is 0.263. The molecule has 0 saturated carbocycles. The molecule has 0 aliphatic carbocycles. The maximum absolute atomic E-state index is 12.2. The summed E-state index contributed by atoms with van der Waals surface area (Å²) in [4.78, 5) is 24.2. The summed E-state index contributed by atoms with van der Waals surface area (Å²) in [7, 11) is 0. The third-order valence-corrected chi connectivity index (χ3v) is 4.22. The van der Waals surface area contributed by atoms with Crippen molar-refractivity contribution in [3.8, 4) is 0 Å². The van der Waals surface area contributed by atoms with Gasteiger partial charge in [0.2, 0.25) is 0 Å². The molecule has 0 radical (unpaired) electrons. The minimum atomic E-state index is -0.898. The summed E-state index contributed by atoms with van der Waals surface area (Å²) in [5.74, 6) is -0.842. The second-order valence-electron chi connectivity index (χ2n) is 5.69. The molecule has 6 heteroatoms. The Balaban J connectivity index is 1.90. The maximum Gasteiger partial charge on any atom is 0.311 e. The van der Waals surface area contributed by atoms with E-state index in [1.165, 1.54) is 6.92 Å². The van der Waals surface area contributed by atoms with Crippen molar-refractivity contribution in [2.45, 2.75) is 32.4 Å². The predicted octanol–water partition coefficient (Wildman–Crippen LogP) is 4.35. The number of hydrogen-bond acceptors (Lipinski definition) is 3. The Labute approximate surface area is 157 Å². The summed E-state index contributed by atoms with van der Waals surface area (Å²) >= 11 is 12.0. The smallest absolute Gasteiger partial charge is 0.311 e. The Hall–Kier alpha value is -2.04.